The molecule has 1 saturated heterocycles. The number of carbonyl (C=O) groups is 2. The summed E-state index contributed by atoms with van der Waals surface area (Å²) in [6, 6.07) is 9.89. The molecule has 4 aliphatic rings. The summed E-state index contributed by atoms with van der Waals surface area (Å²) >= 11 is 0. The van der Waals surface area contributed by atoms with Crippen molar-refractivity contribution in [2.45, 2.75) is 63.2 Å². The third-order valence-electron chi connectivity index (χ3n) is 9.42. The van der Waals surface area contributed by atoms with Crippen molar-refractivity contribution < 1.29 is 19.1 Å². The molecule has 2 aromatic rings. The first kappa shape index (κ1) is 25.9. The van der Waals surface area contributed by atoms with Gasteiger partial charge in [-0.3, -0.25) is 15.0 Å². The summed E-state index contributed by atoms with van der Waals surface area (Å²) in [6.07, 6.45) is 4.03. The molecule has 1 aromatic heterocycles. The molecule has 10 heteroatoms. The number of fused-ring (bicyclic) bond motifs is 3. The van der Waals surface area contributed by atoms with E-state index >= 15 is 0 Å². The zero-order chi connectivity index (χ0) is 27.5. The number of hydrogen-bond donors (Lipinski definition) is 4. The monoisotopic (exact) mass is 534 g/mol. The zero-order valence-corrected chi connectivity index (χ0v) is 23.2. The van der Waals surface area contributed by atoms with Crippen LogP contribution in [0.2, 0.25) is 0 Å². The van der Waals surface area contributed by atoms with E-state index in [1.165, 1.54) is 0 Å². The summed E-state index contributed by atoms with van der Waals surface area (Å²) in [5, 5.41) is 6.67. The van der Waals surface area contributed by atoms with Crippen molar-refractivity contribution in [1.29, 1.82) is 0 Å². The summed E-state index contributed by atoms with van der Waals surface area (Å²) in [5.74, 6) is 2.39. The van der Waals surface area contributed by atoms with Crippen LogP contribution in [0.15, 0.2) is 30.3 Å². The molecule has 6 atom stereocenters. The molecular weight excluding hydrogens is 496 g/mol. The molecule has 2 aliphatic heterocycles. The van der Waals surface area contributed by atoms with E-state index in [1.807, 2.05) is 38.1 Å². The topological polar surface area (TPSA) is 117 Å². The predicted octanol–water partition coefficient (Wildman–Crippen LogP) is 3.12. The van der Waals surface area contributed by atoms with Crippen molar-refractivity contribution in [2.75, 3.05) is 31.9 Å². The van der Waals surface area contributed by atoms with E-state index in [9.17, 15) is 9.59 Å². The first-order valence-electron chi connectivity index (χ1n) is 13.9. The van der Waals surface area contributed by atoms with Gasteiger partial charge in [0.2, 0.25) is 11.8 Å². The molecule has 208 valence electrons. The molecule has 0 bridgehead atoms. The van der Waals surface area contributed by atoms with Crippen molar-refractivity contribution in [3.63, 3.8) is 0 Å². The Hall–Kier alpha value is -3.37. The average Bonchev–Trinajstić information content (AvgIpc) is 3.50. The van der Waals surface area contributed by atoms with Crippen LogP contribution in [0, 0.1) is 17.8 Å². The third-order valence-corrected chi connectivity index (χ3v) is 9.42. The number of carbonyl (C=O) groups excluding carboxylic acids is 2. The number of benzene rings is 1. The Morgan fingerprint density at radius 1 is 1.15 bits per heavy atom. The van der Waals surface area contributed by atoms with Crippen LogP contribution in [0.4, 0.5) is 11.4 Å². The summed E-state index contributed by atoms with van der Waals surface area (Å²) in [5.41, 5.74) is 9.66. The number of hydrazine groups is 1. The highest BCUT2D eigenvalue weighted by atomic mass is 16.5. The number of anilines is 2. The lowest BCUT2D eigenvalue weighted by molar-refractivity contribution is -0.118. The second-order valence-electron chi connectivity index (χ2n) is 11.7. The maximum Gasteiger partial charge on any atom is 0.272 e. The normalized spacial score (nSPS) is 30.5. The van der Waals surface area contributed by atoms with Crippen LogP contribution in [-0.4, -0.2) is 61.2 Å². The first-order valence-corrected chi connectivity index (χ1v) is 13.9. The maximum absolute atomic E-state index is 13.1. The van der Waals surface area contributed by atoms with Crippen molar-refractivity contribution in [2.24, 2.45) is 17.8 Å². The van der Waals surface area contributed by atoms with Gasteiger partial charge in [-0.25, -0.2) is 10.4 Å². The fourth-order valence-electron chi connectivity index (χ4n) is 6.92. The van der Waals surface area contributed by atoms with E-state index in [1.54, 1.807) is 32.2 Å². The first-order chi connectivity index (χ1) is 18.8. The standard InChI is InChI=1S/C29H38N6O4/c1-15(2)35(3)27(36)23-11-10-22(26(31-23)39-5)30-25-18-8-6-16(12-24(18)33-34-25)20-14-29(20)19-13-17(38-4)7-9-21(19)32-28(29)37/h7,9-11,13,15-16,18,20,24-25,30,33-34H,6,8,12,14H2,1-5H3,(H,32,37)/t16?,18?,20-,24?,25?,29-/m0/s1. The Morgan fingerprint density at radius 2 is 1.97 bits per heavy atom. The summed E-state index contributed by atoms with van der Waals surface area (Å²) < 4.78 is 11.0. The van der Waals surface area contributed by atoms with Gasteiger partial charge in [0.15, 0.2) is 0 Å². The van der Waals surface area contributed by atoms with Gasteiger partial charge in [0.25, 0.3) is 5.91 Å². The molecule has 4 unspecified atom stereocenters. The van der Waals surface area contributed by atoms with Crippen molar-refractivity contribution in [3.05, 3.63) is 41.6 Å². The van der Waals surface area contributed by atoms with Crippen molar-refractivity contribution in [3.8, 4) is 11.6 Å². The number of aromatic nitrogens is 1. The largest absolute Gasteiger partial charge is 0.497 e. The molecule has 39 heavy (non-hydrogen) atoms. The quantitative estimate of drug-likeness (QED) is 0.428. The lowest BCUT2D eigenvalue weighted by Crippen LogP contribution is -2.39. The number of amides is 2. The number of nitrogens with zero attached hydrogens (tertiary/aromatic N) is 2. The lowest BCUT2D eigenvalue weighted by Gasteiger charge is -2.34. The van der Waals surface area contributed by atoms with E-state index < -0.39 is 5.41 Å². The van der Waals surface area contributed by atoms with Crippen molar-refractivity contribution >= 4 is 23.2 Å². The Bertz CT molecular complexity index is 1300. The van der Waals surface area contributed by atoms with Gasteiger partial charge in [0.05, 0.1) is 31.5 Å². The number of nitrogens with one attached hydrogen (secondary N) is 4. The number of pyridine rings is 1. The minimum atomic E-state index is -0.410. The third kappa shape index (κ3) is 4.21. The van der Waals surface area contributed by atoms with Crippen LogP contribution in [0.1, 0.15) is 55.6 Å². The van der Waals surface area contributed by atoms with Gasteiger partial charge in [-0.2, -0.15) is 0 Å². The van der Waals surface area contributed by atoms with Gasteiger partial charge in [-0.05, 0) is 87.3 Å². The Balaban J connectivity index is 1.12. The smallest absolute Gasteiger partial charge is 0.272 e. The molecule has 2 aliphatic carbocycles. The van der Waals surface area contributed by atoms with E-state index in [2.05, 4.69) is 26.5 Å². The number of hydrogen-bond acceptors (Lipinski definition) is 8. The number of methoxy groups -OCH3 is 2. The fourth-order valence-corrected chi connectivity index (χ4v) is 6.92. The maximum atomic E-state index is 13.1. The number of ether oxygens (including phenoxy) is 2. The summed E-state index contributed by atoms with van der Waals surface area (Å²) in [7, 11) is 5.01. The highest BCUT2D eigenvalue weighted by Crippen LogP contribution is 2.65. The zero-order valence-electron chi connectivity index (χ0n) is 23.2. The molecule has 2 saturated carbocycles. The predicted molar refractivity (Wildman–Crippen MR) is 148 cm³/mol. The van der Waals surface area contributed by atoms with Crippen LogP contribution in [0.25, 0.3) is 0 Å². The Kier molecular flexibility index (Phi) is 6.42. The minimum absolute atomic E-state index is 0.000492. The van der Waals surface area contributed by atoms with Crippen LogP contribution in [0.3, 0.4) is 0 Å². The molecule has 6 rings (SSSR count). The molecule has 1 aromatic carbocycles. The summed E-state index contributed by atoms with van der Waals surface area (Å²) in [6.45, 7) is 3.94. The average molecular weight is 535 g/mol. The molecule has 4 N–H and O–H groups in total. The second-order valence-corrected chi connectivity index (χ2v) is 11.7. The SMILES string of the molecule is COc1ccc2c(c1)[C@]1(C[C@H]1C1CCC3C(C1)NNC3Nc1ccc(C(=O)N(C)C(C)C)nc1OC)C(=O)N2. The van der Waals surface area contributed by atoms with Gasteiger partial charge in [0, 0.05) is 30.7 Å². The highest BCUT2D eigenvalue weighted by molar-refractivity contribution is 6.09. The van der Waals surface area contributed by atoms with Gasteiger partial charge >= 0.3 is 0 Å². The van der Waals surface area contributed by atoms with Gasteiger partial charge in [0.1, 0.15) is 11.4 Å². The van der Waals surface area contributed by atoms with Crippen LogP contribution in [-0.2, 0) is 10.2 Å². The van der Waals surface area contributed by atoms with Gasteiger partial charge in [-0.15, -0.1) is 0 Å². The van der Waals surface area contributed by atoms with Crippen LogP contribution >= 0.6 is 0 Å². The van der Waals surface area contributed by atoms with Gasteiger partial charge in [-0.1, -0.05) is 0 Å². The Morgan fingerprint density at radius 3 is 2.72 bits per heavy atom. The van der Waals surface area contributed by atoms with E-state index in [0.29, 0.717) is 35.4 Å². The minimum Gasteiger partial charge on any atom is -0.497 e. The second kappa shape index (κ2) is 9.67. The lowest BCUT2D eigenvalue weighted by atomic mass is 9.74. The summed E-state index contributed by atoms with van der Waals surface area (Å²) in [4.78, 5) is 32.0. The van der Waals surface area contributed by atoms with Crippen LogP contribution in [0.5, 0.6) is 11.6 Å². The Labute approximate surface area is 229 Å². The molecular formula is C29H38N6O4. The molecule has 2 amide bonds. The molecule has 10 nitrogen and oxygen atoms in total. The fraction of sp³-hybridized carbons (Fsp3) is 0.552. The van der Waals surface area contributed by atoms with Crippen molar-refractivity contribution in [1.82, 2.24) is 20.7 Å². The molecule has 3 heterocycles. The van der Waals surface area contributed by atoms with Gasteiger partial charge < -0.3 is 25.0 Å². The van der Waals surface area contributed by atoms with E-state index in [0.717, 1.165) is 48.4 Å². The molecule has 1 spiro atoms. The molecule has 0 radical (unpaired) electrons. The highest BCUT2D eigenvalue weighted by Gasteiger charge is 2.67. The number of rotatable bonds is 7. The van der Waals surface area contributed by atoms with E-state index in [-0.39, 0.29) is 24.0 Å². The molecule has 3 fully saturated rings. The van der Waals surface area contributed by atoms with Crippen LogP contribution < -0.4 is 31.0 Å². The van der Waals surface area contributed by atoms with E-state index in [4.69, 9.17) is 9.47 Å².